The van der Waals surface area contributed by atoms with E-state index in [-0.39, 0.29) is 10.5 Å². The lowest BCUT2D eigenvalue weighted by Gasteiger charge is -2.33. The van der Waals surface area contributed by atoms with Gasteiger partial charge in [-0.1, -0.05) is 13.0 Å². The summed E-state index contributed by atoms with van der Waals surface area (Å²) in [4.78, 5) is 0. The third-order valence-electron chi connectivity index (χ3n) is 1.93. The lowest BCUT2D eigenvalue weighted by atomic mass is 10.2. The first-order valence-corrected chi connectivity index (χ1v) is 12.4. The van der Waals surface area contributed by atoms with Crippen LogP contribution in [0.4, 0.5) is 0 Å². The summed E-state index contributed by atoms with van der Waals surface area (Å²) in [5, 5.41) is -0.288. The molecule has 0 bridgehead atoms. The molecular weight excluding hydrogens is 361 g/mol. The Hall–Kier alpha value is 2.18. The molecule has 15 heavy (non-hydrogen) atoms. The van der Waals surface area contributed by atoms with Gasteiger partial charge >= 0.3 is 0 Å². The second-order valence-corrected chi connectivity index (χ2v) is 17.6. The molecule has 0 heterocycles. The van der Waals surface area contributed by atoms with Crippen LogP contribution in [0.5, 0.6) is 0 Å². The monoisotopic (exact) mass is 370 g/mol. The van der Waals surface area contributed by atoms with Crippen molar-refractivity contribution in [1.82, 2.24) is 0 Å². The fraction of sp³-hybridized carbons (Fsp3) is 0.714. The molecule has 0 aliphatic heterocycles. The molecule has 0 saturated heterocycles. The largest absolute Gasteiger partial charge is 0.102 e. The summed E-state index contributed by atoms with van der Waals surface area (Å²) in [7, 11) is 30.9. The van der Waals surface area contributed by atoms with Crippen LogP contribution in [0, 0.1) is 0 Å². The van der Waals surface area contributed by atoms with Crippen molar-refractivity contribution in [2.24, 2.45) is 0 Å². The average molecular weight is 373 g/mol. The third kappa shape index (κ3) is 6.61. The maximum absolute atomic E-state index is 5.91. The summed E-state index contributed by atoms with van der Waals surface area (Å²) >= 11 is 0. The molecule has 0 nitrogen and oxygen atoms in total. The van der Waals surface area contributed by atoms with Crippen LogP contribution in [0.2, 0.25) is 0 Å². The van der Waals surface area contributed by atoms with Gasteiger partial charge in [0, 0.05) is 18.2 Å². The lowest BCUT2D eigenvalue weighted by Crippen LogP contribution is -2.15. The molecule has 0 aliphatic rings. The van der Waals surface area contributed by atoms with E-state index in [2.05, 4.69) is 6.58 Å². The molecule has 94 valence electrons. The van der Waals surface area contributed by atoms with Gasteiger partial charge < -0.3 is 0 Å². The van der Waals surface area contributed by atoms with Gasteiger partial charge in [0.1, 0.15) is 0 Å². The Morgan fingerprint density at radius 1 is 1.07 bits per heavy atom. The molecule has 0 fully saturated rings. The molecule has 2 unspecified atom stereocenters. The fourth-order valence-electron chi connectivity index (χ4n) is 1.04. The second-order valence-electron chi connectivity index (χ2n) is 2.92. The third-order valence-corrected chi connectivity index (χ3v) is 8.62. The van der Waals surface area contributed by atoms with Crippen LogP contribution >= 0.6 is 79.4 Å². The maximum Gasteiger partial charge on any atom is 0.0466 e. The number of hydrogen-bond acceptors (Lipinski definition) is 0. The molecule has 0 saturated carbocycles. The molecule has 2 atom stereocenters. The van der Waals surface area contributed by atoms with Crippen molar-refractivity contribution in [3.8, 4) is 0 Å². The molecule has 0 aromatic heterocycles. The molecule has 0 amide bonds. The molecule has 0 aromatic carbocycles. The molecule has 0 rings (SSSR count). The number of halogens is 6. The zero-order valence-electron chi connectivity index (χ0n) is 7.94. The van der Waals surface area contributed by atoms with Gasteiger partial charge in [-0.3, -0.25) is 0 Å². The molecule has 0 spiro atoms. The Balaban J connectivity index is 4.60. The minimum Gasteiger partial charge on any atom is -0.102 e. The topological polar surface area (TPSA) is 0 Å². The summed E-state index contributed by atoms with van der Waals surface area (Å²) in [5.74, 6) is 0. The SMILES string of the molecule is C=CC(CC(CC)S(Cl)(Cl)Cl)S(Cl)(Cl)Cl. The molecule has 0 radical (unpaired) electrons. The molecular formula is C7H12Cl6S2. The van der Waals surface area contributed by atoms with E-state index in [4.69, 9.17) is 64.1 Å². The van der Waals surface area contributed by atoms with Crippen LogP contribution in [0.25, 0.3) is 0 Å². The van der Waals surface area contributed by atoms with Crippen LogP contribution in [0.1, 0.15) is 19.8 Å². The zero-order valence-corrected chi connectivity index (χ0v) is 14.1. The van der Waals surface area contributed by atoms with E-state index in [0.29, 0.717) is 6.42 Å². The average Bonchev–Trinajstić information content (AvgIpc) is 2.01. The number of rotatable bonds is 6. The van der Waals surface area contributed by atoms with Gasteiger partial charge in [0.05, 0.1) is 0 Å². The summed E-state index contributed by atoms with van der Waals surface area (Å²) in [6.45, 7) is 5.60. The molecule has 0 aliphatic carbocycles. The van der Waals surface area contributed by atoms with Crippen LogP contribution < -0.4 is 0 Å². The van der Waals surface area contributed by atoms with Crippen molar-refractivity contribution in [3.05, 3.63) is 12.7 Å². The van der Waals surface area contributed by atoms with Crippen molar-refractivity contribution < 1.29 is 0 Å². The quantitative estimate of drug-likeness (QED) is 0.431. The predicted octanol–water partition coefficient (Wildman–Crippen LogP) is 7.24. The van der Waals surface area contributed by atoms with Crippen LogP contribution in [0.15, 0.2) is 12.7 Å². The minimum absolute atomic E-state index is 0.0615. The van der Waals surface area contributed by atoms with E-state index < -0.39 is 15.3 Å². The first-order chi connectivity index (χ1) is 6.62. The zero-order chi connectivity index (χ0) is 12.3. The minimum atomic E-state index is -2.24. The van der Waals surface area contributed by atoms with Gasteiger partial charge in [0.15, 0.2) is 0 Å². The first-order valence-electron chi connectivity index (χ1n) is 4.07. The predicted molar refractivity (Wildman–Crippen MR) is 83.0 cm³/mol. The summed E-state index contributed by atoms with van der Waals surface area (Å²) in [6.07, 6.45) is 2.93. The Morgan fingerprint density at radius 3 is 1.73 bits per heavy atom. The molecule has 0 aromatic rings. The van der Waals surface area contributed by atoms with Crippen molar-refractivity contribution >= 4 is 79.4 Å². The highest BCUT2D eigenvalue weighted by molar-refractivity contribution is 8.80. The Kier molecular flexibility index (Phi) is 7.95. The maximum atomic E-state index is 5.91. The van der Waals surface area contributed by atoms with Gasteiger partial charge in [0.2, 0.25) is 0 Å². The van der Waals surface area contributed by atoms with Crippen molar-refractivity contribution in [3.63, 3.8) is 0 Å². The van der Waals surface area contributed by atoms with E-state index in [0.717, 1.165) is 6.42 Å². The van der Waals surface area contributed by atoms with Crippen LogP contribution in [-0.4, -0.2) is 10.5 Å². The highest BCUT2D eigenvalue weighted by atomic mass is 36.2. The van der Waals surface area contributed by atoms with E-state index in [1.165, 1.54) is 0 Å². The Labute approximate surface area is 121 Å². The van der Waals surface area contributed by atoms with E-state index in [1.807, 2.05) is 6.92 Å². The van der Waals surface area contributed by atoms with E-state index in [1.54, 1.807) is 6.08 Å². The fourth-order valence-corrected chi connectivity index (χ4v) is 5.73. The standard InChI is InChI=1S/C7H12Cl6S2/c1-3-6(14(8,9)10)5-7(4-2)15(11,12)13/h3,6-7H,1,4-5H2,2H3. The normalized spacial score (nSPS) is 19.4. The van der Waals surface area contributed by atoms with E-state index >= 15 is 0 Å². The first kappa shape index (κ1) is 17.2. The number of hydrogen-bond donors (Lipinski definition) is 0. The van der Waals surface area contributed by atoms with Gasteiger partial charge in [-0.05, 0) is 84.6 Å². The van der Waals surface area contributed by atoms with Gasteiger partial charge in [-0.2, -0.15) is 0 Å². The molecule has 0 N–H and O–H groups in total. The smallest absolute Gasteiger partial charge is 0.0466 e. The van der Waals surface area contributed by atoms with Gasteiger partial charge in [-0.15, -0.1) is 6.58 Å². The second kappa shape index (κ2) is 6.94. The van der Waals surface area contributed by atoms with Crippen molar-refractivity contribution in [1.29, 1.82) is 0 Å². The summed E-state index contributed by atoms with van der Waals surface area (Å²) in [6, 6.07) is 0. The van der Waals surface area contributed by atoms with Crippen LogP contribution in [0.3, 0.4) is 0 Å². The summed E-state index contributed by atoms with van der Waals surface area (Å²) in [5.41, 5.74) is 0. The highest BCUT2D eigenvalue weighted by Gasteiger charge is 2.33. The van der Waals surface area contributed by atoms with Crippen LogP contribution in [-0.2, 0) is 0 Å². The summed E-state index contributed by atoms with van der Waals surface area (Å²) < 4.78 is 0. The van der Waals surface area contributed by atoms with Gasteiger partial charge in [-0.25, -0.2) is 0 Å². The van der Waals surface area contributed by atoms with Gasteiger partial charge in [0.25, 0.3) is 0 Å². The van der Waals surface area contributed by atoms with Crippen molar-refractivity contribution in [2.45, 2.75) is 30.3 Å². The Morgan fingerprint density at radius 2 is 1.53 bits per heavy atom. The molecule has 8 heteroatoms. The Bertz CT molecular complexity index is 209. The highest BCUT2D eigenvalue weighted by Crippen LogP contribution is 2.72. The van der Waals surface area contributed by atoms with Crippen molar-refractivity contribution in [2.75, 3.05) is 0 Å². The van der Waals surface area contributed by atoms with E-state index in [9.17, 15) is 0 Å². The lowest BCUT2D eigenvalue weighted by molar-refractivity contribution is 0.759.